The van der Waals surface area contributed by atoms with Crippen LogP contribution in [0.5, 0.6) is 5.75 Å². The second-order valence-corrected chi connectivity index (χ2v) is 4.87. The van der Waals surface area contributed by atoms with Crippen LogP contribution in [-0.2, 0) is 0 Å². The molecule has 1 aliphatic carbocycles. The standard InChI is InChI=1S/C12H11ClF3NO2/c13-5-12(2-1-3-12)17-11(19)6-4-7(14)9(16)10(18)8(6)15/h4,18H,1-3,5H2,(H,17,19). The maximum Gasteiger partial charge on any atom is 0.254 e. The van der Waals surface area contributed by atoms with Gasteiger partial charge in [-0.3, -0.25) is 4.79 Å². The summed E-state index contributed by atoms with van der Waals surface area (Å²) in [4.78, 5) is 11.8. The van der Waals surface area contributed by atoms with Crippen molar-refractivity contribution in [1.82, 2.24) is 5.32 Å². The highest BCUT2D eigenvalue weighted by Crippen LogP contribution is 2.34. The Morgan fingerprint density at radius 2 is 2.00 bits per heavy atom. The van der Waals surface area contributed by atoms with Crippen molar-refractivity contribution in [2.45, 2.75) is 24.8 Å². The number of hydrogen-bond acceptors (Lipinski definition) is 2. The van der Waals surface area contributed by atoms with Crippen LogP contribution in [0.2, 0.25) is 0 Å². The molecule has 0 saturated heterocycles. The van der Waals surface area contributed by atoms with Crippen molar-refractivity contribution < 1.29 is 23.1 Å². The molecule has 2 N–H and O–H groups in total. The Bertz CT molecular complexity index is 527. The second kappa shape index (κ2) is 4.92. The van der Waals surface area contributed by atoms with E-state index in [2.05, 4.69) is 5.32 Å². The SMILES string of the molecule is O=C(NC1(CCl)CCC1)c1cc(F)c(F)c(O)c1F. The van der Waals surface area contributed by atoms with Gasteiger partial charge in [-0.05, 0) is 25.3 Å². The maximum absolute atomic E-state index is 13.5. The minimum atomic E-state index is -1.72. The summed E-state index contributed by atoms with van der Waals surface area (Å²) < 4.78 is 39.5. The number of carbonyl (C=O) groups is 1. The minimum absolute atomic E-state index is 0.149. The number of rotatable bonds is 3. The van der Waals surface area contributed by atoms with Crippen LogP contribution < -0.4 is 5.32 Å². The van der Waals surface area contributed by atoms with Crippen molar-refractivity contribution in [1.29, 1.82) is 0 Å². The fraction of sp³-hybridized carbons (Fsp3) is 0.417. The third kappa shape index (κ3) is 2.36. The van der Waals surface area contributed by atoms with E-state index >= 15 is 0 Å². The summed E-state index contributed by atoms with van der Waals surface area (Å²) in [7, 11) is 0. The van der Waals surface area contributed by atoms with Crippen LogP contribution in [0.4, 0.5) is 13.2 Å². The van der Waals surface area contributed by atoms with Gasteiger partial charge in [-0.2, -0.15) is 4.39 Å². The fourth-order valence-corrected chi connectivity index (χ4v) is 2.29. The lowest BCUT2D eigenvalue weighted by Gasteiger charge is -2.41. The molecule has 104 valence electrons. The molecule has 0 aliphatic heterocycles. The molecular formula is C12H11ClF3NO2. The van der Waals surface area contributed by atoms with E-state index in [1.54, 1.807) is 0 Å². The number of aromatic hydroxyl groups is 1. The van der Waals surface area contributed by atoms with Gasteiger partial charge in [0, 0.05) is 5.88 Å². The van der Waals surface area contributed by atoms with E-state index in [9.17, 15) is 18.0 Å². The summed E-state index contributed by atoms with van der Waals surface area (Å²) >= 11 is 5.73. The lowest BCUT2D eigenvalue weighted by Crippen LogP contribution is -2.55. The van der Waals surface area contributed by atoms with E-state index in [1.165, 1.54) is 0 Å². The van der Waals surface area contributed by atoms with Crippen LogP contribution in [0.1, 0.15) is 29.6 Å². The van der Waals surface area contributed by atoms with Crippen molar-refractivity contribution >= 4 is 17.5 Å². The molecule has 1 aliphatic rings. The van der Waals surface area contributed by atoms with E-state index in [0.717, 1.165) is 6.42 Å². The second-order valence-electron chi connectivity index (χ2n) is 4.60. The molecule has 0 aromatic heterocycles. The van der Waals surface area contributed by atoms with Gasteiger partial charge in [0.05, 0.1) is 11.1 Å². The lowest BCUT2D eigenvalue weighted by atomic mass is 9.78. The summed E-state index contributed by atoms with van der Waals surface area (Å²) in [6, 6.07) is 0.417. The zero-order valence-electron chi connectivity index (χ0n) is 9.77. The molecule has 0 heterocycles. The normalized spacial score (nSPS) is 16.8. The predicted molar refractivity (Wildman–Crippen MR) is 62.7 cm³/mol. The molecule has 3 nitrogen and oxygen atoms in total. The van der Waals surface area contributed by atoms with E-state index in [0.29, 0.717) is 18.9 Å². The molecule has 0 spiro atoms. The summed E-state index contributed by atoms with van der Waals surface area (Å²) in [5, 5.41) is 11.5. The molecule has 7 heteroatoms. The van der Waals surface area contributed by atoms with Gasteiger partial charge in [0.15, 0.2) is 17.4 Å². The average molecular weight is 294 g/mol. The third-order valence-electron chi connectivity index (χ3n) is 3.32. The topological polar surface area (TPSA) is 49.3 Å². The van der Waals surface area contributed by atoms with E-state index < -0.39 is 40.2 Å². The van der Waals surface area contributed by atoms with Crippen molar-refractivity contribution in [2.75, 3.05) is 5.88 Å². The molecule has 0 atom stereocenters. The van der Waals surface area contributed by atoms with Gasteiger partial charge < -0.3 is 10.4 Å². The Kier molecular flexibility index (Phi) is 3.62. The van der Waals surface area contributed by atoms with Gasteiger partial charge in [0.25, 0.3) is 5.91 Å². The Labute approximate surface area is 112 Å². The average Bonchev–Trinajstić information content (AvgIpc) is 2.35. The summed E-state index contributed by atoms with van der Waals surface area (Å²) in [5.74, 6) is -6.97. The van der Waals surface area contributed by atoms with Crippen LogP contribution in [0.25, 0.3) is 0 Å². The first kappa shape index (κ1) is 14.0. The zero-order valence-corrected chi connectivity index (χ0v) is 10.5. The number of alkyl halides is 1. The van der Waals surface area contributed by atoms with Crippen molar-refractivity contribution in [2.24, 2.45) is 0 Å². The molecule has 1 aromatic rings. The summed E-state index contributed by atoms with van der Waals surface area (Å²) in [6.07, 6.45) is 2.15. The number of phenolic OH excluding ortho intramolecular Hbond substituents is 1. The van der Waals surface area contributed by atoms with Crippen molar-refractivity contribution in [3.8, 4) is 5.75 Å². The molecule has 0 unspecified atom stereocenters. The van der Waals surface area contributed by atoms with E-state index in [4.69, 9.17) is 16.7 Å². The first-order chi connectivity index (χ1) is 8.90. The number of nitrogens with one attached hydrogen (secondary N) is 1. The monoisotopic (exact) mass is 293 g/mol. The number of phenols is 1. The van der Waals surface area contributed by atoms with Crippen LogP contribution in [0.15, 0.2) is 6.07 Å². The molecule has 1 fully saturated rings. The van der Waals surface area contributed by atoms with Gasteiger partial charge >= 0.3 is 0 Å². The molecule has 0 radical (unpaired) electrons. The smallest absolute Gasteiger partial charge is 0.254 e. The minimum Gasteiger partial charge on any atom is -0.503 e. The molecule has 1 amide bonds. The quantitative estimate of drug-likeness (QED) is 0.665. The number of carbonyl (C=O) groups excluding carboxylic acids is 1. The summed E-state index contributed by atoms with van der Waals surface area (Å²) in [6.45, 7) is 0. The first-order valence-corrected chi connectivity index (χ1v) is 6.18. The van der Waals surface area contributed by atoms with Gasteiger partial charge in [-0.25, -0.2) is 8.78 Å². The van der Waals surface area contributed by atoms with Gasteiger partial charge in [0.2, 0.25) is 5.82 Å². The number of hydrogen-bond donors (Lipinski definition) is 2. The molecule has 2 rings (SSSR count). The molecule has 19 heavy (non-hydrogen) atoms. The largest absolute Gasteiger partial charge is 0.503 e. The van der Waals surface area contributed by atoms with Gasteiger partial charge in [0.1, 0.15) is 0 Å². The number of halogens is 4. The summed E-state index contributed by atoms with van der Waals surface area (Å²) in [5.41, 5.74) is -1.38. The Balaban J connectivity index is 2.29. The van der Waals surface area contributed by atoms with E-state index in [1.807, 2.05) is 0 Å². The fourth-order valence-electron chi connectivity index (χ4n) is 1.96. The van der Waals surface area contributed by atoms with Crippen molar-refractivity contribution in [3.05, 3.63) is 29.1 Å². The number of amides is 1. The third-order valence-corrected chi connectivity index (χ3v) is 3.83. The molecular weight excluding hydrogens is 283 g/mol. The van der Waals surface area contributed by atoms with Crippen LogP contribution in [0.3, 0.4) is 0 Å². The molecule has 1 aromatic carbocycles. The Hall–Kier alpha value is -1.43. The molecule has 1 saturated carbocycles. The Morgan fingerprint density at radius 3 is 2.47 bits per heavy atom. The lowest BCUT2D eigenvalue weighted by molar-refractivity contribution is 0.0848. The molecule has 0 bridgehead atoms. The predicted octanol–water partition coefficient (Wildman–Crippen LogP) is 2.70. The van der Waals surface area contributed by atoms with E-state index in [-0.39, 0.29) is 5.88 Å². The highest BCUT2D eigenvalue weighted by Gasteiger charge is 2.38. The number of benzene rings is 1. The first-order valence-electron chi connectivity index (χ1n) is 5.65. The van der Waals surface area contributed by atoms with Gasteiger partial charge in [-0.1, -0.05) is 0 Å². The van der Waals surface area contributed by atoms with Crippen LogP contribution in [0, 0.1) is 17.5 Å². The van der Waals surface area contributed by atoms with Crippen LogP contribution >= 0.6 is 11.6 Å². The highest BCUT2D eigenvalue weighted by molar-refractivity contribution is 6.19. The highest BCUT2D eigenvalue weighted by atomic mass is 35.5. The zero-order chi connectivity index (χ0) is 14.2. The maximum atomic E-state index is 13.5. The van der Waals surface area contributed by atoms with Gasteiger partial charge in [-0.15, -0.1) is 11.6 Å². The Morgan fingerprint density at radius 1 is 1.37 bits per heavy atom. The van der Waals surface area contributed by atoms with Crippen molar-refractivity contribution in [3.63, 3.8) is 0 Å². The van der Waals surface area contributed by atoms with Crippen LogP contribution in [-0.4, -0.2) is 22.4 Å².